The highest BCUT2D eigenvalue weighted by Crippen LogP contribution is 2.20. The van der Waals surface area contributed by atoms with Crippen LogP contribution in [0.4, 0.5) is 4.39 Å². The van der Waals surface area contributed by atoms with Crippen molar-refractivity contribution in [3.8, 4) is 0 Å². The van der Waals surface area contributed by atoms with Crippen molar-refractivity contribution in [3.63, 3.8) is 0 Å². The lowest BCUT2D eigenvalue weighted by Gasteiger charge is -2.17. The maximum absolute atomic E-state index is 13.7. The van der Waals surface area contributed by atoms with Crippen LogP contribution in [0, 0.1) is 5.82 Å². The van der Waals surface area contributed by atoms with Crippen LogP contribution in [0.25, 0.3) is 0 Å². The van der Waals surface area contributed by atoms with Gasteiger partial charge < -0.3 is 5.11 Å². The molecule has 0 aliphatic carbocycles. The predicted molar refractivity (Wildman–Crippen MR) is 71.6 cm³/mol. The van der Waals surface area contributed by atoms with Crippen molar-refractivity contribution in [2.45, 2.75) is 24.3 Å². The number of halogens is 1. The first-order valence-corrected chi connectivity index (χ1v) is 7.34. The third-order valence-corrected chi connectivity index (χ3v) is 4.64. The number of aliphatic hydroxyl groups is 1. The molecule has 0 radical (unpaired) electrons. The van der Waals surface area contributed by atoms with E-state index in [-0.39, 0.29) is 11.5 Å². The maximum atomic E-state index is 13.7. The van der Waals surface area contributed by atoms with Gasteiger partial charge in [-0.25, -0.2) is 17.1 Å². The number of rotatable bonds is 7. The van der Waals surface area contributed by atoms with E-state index in [2.05, 4.69) is 6.58 Å². The highest BCUT2D eigenvalue weighted by molar-refractivity contribution is 7.89. The summed E-state index contributed by atoms with van der Waals surface area (Å²) < 4.78 is 39.2. The second-order valence-corrected chi connectivity index (χ2v) is 6.19. The van der Waals surface area contributed by atoms with Gasteiger partial charge in [-0.1, -0.05) is 12.1 Å². The summed E-state index contributed by atoms with van der Waals surface area (Å²) in [5.74, 6) is -0.845. The summed E-state index contributed by atoms with van der Waals surface area (Å²) in [6, 6.07) is 3.61. The number of allylic oxidation sites excluding steroid dienone is 1. The van der Waals surface area contributed by atoms with Crippen molar-refractivity contribution >= 4 is 10.0 Å². The molecule has 0 atom stereocenters. The zero-order valence-corrected chi connectivity index (χ0v) is 11.7. The molecule has 0 amide bonds. The van der Waals surface area contributed by atoms with Crippen LogP contribution in [0.5, 0.6) is 0 Å². The highest BCUT2D eigenvalue weighted by Gasteiger charge is 2.24. The summed E-state index contributed by atoms with van der Waals surface area (Å²) >= 11 is 0. The third kappa shape index (κ3) is 3.86. The fraction of sp³-hybridized carbons (Fsp3) is 0.385. The molecule has 1 rings (SSSR count). The van der Waals surface area contributed by atoms with Gasteiger partial charge in [-0.3, -0.25) is 0 Å². The number of nitrogens with zero attached hydrogens (tertiary/aromatic N) is 1. The van der Waals surface area contributed by atoms with E-state index >= 15 is 0 Å². The summed E-state index contributed by atoms with van der Waals surface area (Å²) in [6.45, 7) is 3.53. The van der Waals surface area contributed by atoms with Crippen molar-refractivity contribution < 1.29 is 17.9 Å². The molecule has 0 bridgehead atoms. The Morgan fingerprint density at radius 3 is 2.68 bits per heavy atom. The summed E-state index contributed by atoms with van der Waals surface area (Å²) in [5.41, 5.74) is 0.339. The third-order valence-electron chi connectivity index (χ3n) is 2.75. The van der Waals surface area contributed by atoms with Crippen LogP contribution in [0.1, 0.15) is 18.4 Å². The predicted octanol–water partition coefficient (Wildman–Crippen LogP) is 1.90. The van der Waals surface area contributed by atoms with E-state index in [1.54, 1.807) is 6.08 Å². The number of sulfonamides is 1. The van der Waals surface area contributed by atoms with Gasteiger partial charge in [0, 0.05) is 13.6 Å². The summed E-state index contributed by atoms with van der Waals surface area (Å²) in [7, 11) is -2.42. The van der Waals surface area contributed by atoms with Crippen LogP contribution in [0.15, 0.2) is 35.7 Å². The van der Waals surface area contributed by atoms with E-state index in [0.29, 0.717) is 24.9 Å². The molecule has 106 valence electrons. The van der Waals surface area contributed by atoms with Gasteiger partial charge in [-0.05, 0) is 30.5 Å². The first-order chi connectivity index (χ1) is 8.93. The van der Waals surface area contributed by atoms with Gasteiger partial charge in [-0.2, -0.15) is 0 Å². The van der Waals surface area contributed by atoms with Crippen molar-refractivity contribution in [3.05, 3.63) is 42.2 Å². The molecule has 0 fully saturated rings. The minimum atomic E-state index is -3.83. The van der Waals surface area contributed by atoms with Gasteiger partial charge in [0.15, 0.2) is 0 Å². The van der Waals surface area contributed by atoms with E-state index in [4.69, 9.17) is 5.11 Å². The van der Waals surface area contributed by atoms with Gasteiger partial charge in [0.25, 0.3) is 0 Å². The Balaban J connectivity index is 2.96. The Morgan fingerprint density at radius 1 is 1.47 bits per heavy atom. The van der Waals surface area contributed by atoms with E-state index in [1.807, 2.05) is 0 Å². The number of benzene rings is 1. The lowest BCUT2D eigenvalue weighted by atomic mass is 10.2. The van der Waals surface area contributed by atoms with Crippen molar-refractivity contribution in [1.29, 1.82) is 0 Å². The lowest BCUT2D eigenvalue weighted by molar-refractivity contribution is 0.281. The van der Waals surface area contributed by atoms with E-state index < -0.39 is 15.8 Å². The Labute approximate surface area is 113 Å². The summed E-state index contributed by atoms with van der Waals surface area (Å²) in [6.07, 6.45) is 3.04. The smallest absolute Gasteiger partial charge is 0.245 e. The first-order valence-electron chi connectivity index (χ1n) is 5.90. The van der Waals surface area contributed by atoms with E-state index in [1.165, 1.54) is 19.2 Å². The molecule has 0 saturated heterocycles. The minimum Gasteiger partial charge on any atom is -0.392 e. The molecular weight excluding hydrogens is 269 g/mol. The monoisotopic (exact) mass is 287 g/mol. The van der Waals surface area contributed by atoms with Crippen LogP contribution < -0.4 is 0 Å². The van der Waals surface area contributed by atoms with Crippen LogP contribution >= 0.6 is 0 Å². The Hall–Kier alpha value is -1.24. The van der Waals surface area contributed by atoms with Gasteiger partial charge in [0.1, 0.15) is 10.7 Å². The normalized spacial score (nSPS) is 11.8. The number of aliphatic hydroxyl groups excluding tert-OH is 1. The zero-order chi connectivity index (χ0) is 14.5. The van der Waals surface area contributed by atoms with Crippen LogP contribution in [-0.2, 0) is 16.6 Å². The van der Waals surface area contributed by atoms with Crippen molar-refractivity contribution in [2.24, 2.45) is 0 Å². The van der Waals surface area contributed by atoms with Crippen molar-refractivity contribution in [2.75, 3.05) is 13.6 Å². The molecular formula is C13H18FNO3S. The minimum absolute atomic E-state index is 0.301. The largest absolute Gasteiger partial charge is 0.392 e. The molecule has 1 aromatic carbocycles. The molecule has 1 N–H and O–H groups in total. The Kier molecular flexibility index (Phi) is 5.65. The van der Waals surface area contributed by atoms with Crippen molar-refractivity contribution in [1.82, 2.24) is 4.31 Å². The second kappa shape index (κ2) is 6.79. The fourth-order valence-electron chi connectivity index (χ4n) is 1.60. The highest BCUT2D eigenvalue weighted by atomic mass is 32.2. The summed E-state index contributed by atoms with van der Waals surface area (Å²) in [4.78, 5) is -0.370. The molecule has 4 nitrogen and oxygen atoms in total. The second-order valence-electron chi connectivity index (χ2n) is 4.18. The van der Waals surface area contributed by atoms with Crippen LogP contribution in [-0.4, -0.2) is 31.4 Å². The molecule has 0 unspecified atom stereocenters. The molecule has 6 heteroatoms. The number of hydrogen-bond donors (Lipinski definition) is 1. The van der Waals surface area contributed by atoms with Crippen LogP contribution in [0.3, 0.4) is 0 Å². The number of unbranched alkanes of at least 4 members (excludes halogenated alkanes) is 1. The molecule has 0 aliphatic rings. The van der Waals surface area contributed by atoms with Gasteiger partial charge in [-0.15, -0.1) is 6.58 Å². The average molecular weight is 287 g/mol. The molecule has 0 aliphatic heterocycles. The first kappa shape index (κ1) is 15.8. The average Bonchev–Trinajstić information content (AvgIpc) is 2.38. The molecule has 0 saturated carbocycles. The molecule has 0 aromatic heterocycles. The van der Waals surface area contributed by atoms with E-state index in [9.17, 15) is 12.8 Å². The van der Waals surface area contributed by atoms with Gasteiger partial charge >= 0.3 is 0 Å². The molecule has 1 aromatic rings. The molecule has 0 heterocycles. The Bertz CT molecular complexity index is 543. The Morgan fingerprint density at radius 2 is 2.16 bits per heavy atom. The molecule has 19 heavy (non-hydrogen) atoms. The maximum Gasteiger partial charge on any atom is 0.245 e. The summed E-state index contributed by atoms with van der Waals surface area (Å²) in [5, 5.41) is 8.87. The van der Waals surface area contributed by atoms with Gasteiger partial charge in [0.2, 0.25) is 10.0 Å². The van der Waals surface area contributed by atoms with Gasteiger partial charge in [0.05, 0.1) is 6.61 Å². The van der Waals surface area contributed by atoms with E-state index in [0.717, 1.165) is 10.4 Å². The quantitative estimate of drug-likeness (QED) is 0.615. The zero-order valence-electron chi connectivity index (χ0n) is 10.8. The number of hydrogen-bond acceptors (Lipinski definition) is 3. The topological polar surface area (TPSA) is 57.6 Å². The fourth-order valence-corrected chi connectivity index (χ4v) is 2.85. The lowest BCUT2D eigenvalue weighted by Crippen LogP contribution is -2.28. The SMILES string of the molecule is C=CCCCN(C)S(=O)(=O)c1ccc(CO)cc1F. The standard InChI is InChI=1S/C13H18FNO3S/c1-3-4-5-8-15(2)19(17,18)13-7-6-11(10-16)9-12(13)14/h3,6-7,9,16H,1,4-5,8,10H2,2H3. The molecule has 0 spiro atoms. The van der Waals surface area contributed by atoms with Crippen LogP contribution in [0.2, 0.25) is 0 Å².